The summed E-state index contributed by atoms with van der Waals surface area (Å²) in [5, 5.41) is 4.37. The fourth-order valence-electron chi connectivity index (χ4n) is 15.2. The molecule has 0 amide bonds. The zero-order valence-corrected chi connectivity index (χ0v) is 25.5. The van der Waals surface area contributed by atoms with E-state index in [1.807, 2.05) is 0 Å². The standard InChI is InChI=1S/C39H50N2O/c1-20-13-28-21(2)7-12-31-37(30(28)14-20)39(31,35(40)19-42)24-9-11-25-23(15-24)16-33-36(25)27-10-8-22-18-38(33)32(27)17-29(22)26-5-3-4-6-34(26)41-38/h3-6,9,11,19-20,22-25,27-33,35-37,41H,2,7-8,10,12-18,40H2,1H3. The lowest BCUT2D eigenvalue weighted by atomic mass is 9.62. The maximum Gasteiger partial charge on any atom is 0.137 e. The molecule has 0 saturated heterocycles. The first kappa shape index (κ1) is 25.5. The molecule has 3 N–H and O–H groups in total. The molecule has 12 rings (SSSR count). The van der Waals surface area contributed by atoms with Crippen molar-refractivity contribution in [2.45, 2.75) is 88.6 Å². The van der Waals surface area contributed by atoms with Crippen molar-refractivity contribution < 1.29 is 4.79 Å². The summed E-state index contributed by atoms with van der Waals surface area (Å²) in [6, 6.07) is 9.05. The average Bonchev–Trinajstić information content (AvgIpc) is 3.47. The highest BCUT2D eigenvalue weighted by molar-refractivity contribution is 5.62. The zero-order chi connectivity index (χ0) is 28.1. The molecule has 42 heavy (non-hydrogen) atoms. The van der Waals surface area contributed by atoms with Gasteiger partial charge >= 0.3 is 0 Å². The minimum Gasteiger partial charge on any atom is -0.379 e. The van der Waals surface area contributed by atoms with Gasteiger partial charge in [-0.3, -0.25) is 0 Å². The summed E-state index contributed by atoms with van der Waals surface area (Å²) in [7, 11) is 0. The van der Waals surface area contributed by atoms with Gasteiger partial charge in [-0.1, -0.05) is 49.4 Å². The van der Waals surface area contributed by atoms with Crippen LogP contribution in [0.1, 0.15) is 82.6 Å². The number of fused-ring (bicyclic) bond motifs is 7. The van der Waals surface area contributed by atoms with Crippen molar-refractivity contribution in [1.29, 1.82) is 0 Å². The van der Waals surface area contributed by atoms with Gasteiger partial charge in [-0.2, -0.15) is 0 Å². The minimum absolute atomic E-state index is 0.00849. The van der Waals surface area contributed by atoms with Gasteiger partial charge < -0.3 is 15.8 Å². The van der Waals surface area contributed by atoms with Gasteiger partial charge in [0, 0.05) is 16.6 Å². The van der Waals surface area contributed by atoms with Crippen LogP contribution in [0.3, 0.4) is 0 Å². The van der Waals surface area contributed by atoms with Crippen LogP contribution in [-0.4, -0.2) is 17.9 Å². The number of aldehydes is 1. The number of carbonyl (C=O) groups is 1. The number of hydrogen-bond donors (Lipinski definition) is 2. The largest absolute Gasteiger partial charge is 0.379 e. The molecule has 1 aromatic rings. The van der Waals surface area contributed by atoms with Crippen LogP contribution in [-0.2, 0) is 4.79 Å². The van der Waals surface area contributed by atoms with Crippen molar-refractivity contribution in [2.75, 3.05) is 5.32 Å². The third kappa shape index (κ3) is 2.92. The zero-order valence-electron chi connectivity index (χ0n) is 25.5. The molecule has 11 aliphatic rings. The molecule has 8 saturated carbocycles. The quantitative estimate of drug-likeness (QED) is 0.295. The minimum atomic E-state index is -0.323. The van der Waals surface area contributed by atoms with E-state index < -0.39 is 0 Å². The Balaban J connectivity index is 1.00. The van der Waals surface area contributed by atoms with Crippen LogP contribution in [0.4, 0.5) is 5.69 Å². The summed E-state index contributed by atoms with van der Waals surface area (Å²) in [5.74, 6) is 10.3. The van der Waals surface area contributed by atoms with Gasteiger partial charge in [0.05, 0.1) is 6.04 Å². The van der Waals surface area contributed by atoms with Crippen LogP contribution in [0.15, 0.2) is 48.6 Å². The summed E-state index contributed by atoms with van der Waals surface area (Å²) in [6.07, 6.45) is 19.9. The molecule has 0 radical (unpaired) electrons. The van der Waals surface area contributed by atoms with Crippen molar-refractivity contribution in [2.24, 2.45) is 88.1 Å². The van der Waals surface area contributed by atoms with E-state index in [9.17, 15) is 4.79 Å². The number of hydrogen-bond acceptors (Lipinski definition) is 3. The molecule has 1 spiro atoms. The van der Waals surface area contributed by atoms with Gasteiger partial charge in [-0.15, -0.1) is 0 Å². The molecule has 1 aromatic carbocycles. The van der Waals surface area contributed by atoms with Crippen LogP contribution in [0.5, 0.6) is 0 Å². The number of benzene rings is 1. The molecular formula is C39H50N2O. The molecule has 17 atom stereocenters. The van der Waals surface area contributed by atoms with Gasteiger partial charge in [-0.05, 0) is 159 Å². The van der Waals surface area contributed by atoms with E-state index in [4.69, 9.17) is 5.73 Å². The predicted molar refractivity (Wildman–Crippen MR) is 168 cm³/mol. The number of anilines is 1. The van der Waals surface area contributed by atoms with Crippen LogP contribution in [0, 0.1) is 82.3 Å². The first-order chi connectivity index (χ1) is 20.5. The monoisotopic (exact) mass is 562 g/mol. The van der Waals surface area contributed by atoms with Crippen molar-refractivity contribution in [1.82, 2.24) is 0 Å². The fourth-order valence-corrected chi connectivity index (χ4v) is 15.2. The van der Waals surface area contributed by atoms with Gasteiger partial charge in [0.15, 0.2) is 0 Å². The normalized spacial score (nSPS) is 56.2. The summed E-state index contributed by atoms with van der Waals surface area (Å²) in [6.45, 7) is 7.02. The molecule has 2 aliphatic heterocycles. The van der Waals surface area contributed by atoms with Crippen LogP contribution in [0.2, 0.25) is 0 Å². The molecule has 2 heterocycles. The lowest BCUT2D eigenvalue weighted by Crippen LogP contribution is -2.51. The predicted octanol–water partition coefficient (Wildman–Crippen LogP) is 7.60. The Morgan fingerprint density at radius 2 is 1.83 bits per heavy atom. The van der Waals surface area contributed by atoms with Crippen molar-refractivity contribution in [3.05, 3.63) is 54.1 Å². The molecule has 5 bridgehead atoms. The molecule has 3 heteroatoms. The highest BCUT2D eigenvalue weighted by Crippen LogP contribution is 2.77. The van der Waals surface area contributed by atoms with E-state index in [1.165, 1.54) is 69.0 Å². The highest BCUT2D eigenvalue weighted by atomic mass is 16.1. The van der Waals surface area contributed by atoms with Gasteiger partial charge in [0.1, 0.15) is 6.29 Å². The first-order valence-electron chi connectivity index (χ1n) is 17.9. The number of nitrogens with two attached hydrogens (primary N) is 1. The summed E-state index contributed by atoms with van der Waals surface area (Å²) < 4.78 is 0. The first-order valence-corrected chi connectivity index (χ1v) is 17.9. The van der Waals surface area contributed by atoms with Crippen molar-refractivity contribution >= 4 is 12.0 Å². The third-order valence-electron chi connectivity index (χ3n) is 16.3. The number of carbonyl (C=O) groups excluding carboxylic acids is 1. The van der Waals surface area contributed by atoms with E-state index in [0.717, 1.165) is 66.0 Å². The maximum absolute atomic E-state index is 12.6. The molecule has 222 valence electrons. The molecule has 3 nitrogen and oxygen atoms in total. The Bertz CT molecular complexity index is 1380. The lowest BCUT2D eigenvalue weighted by Gasteiger charge is -2.47. The van der Waals surface area contributed by atoms with E-state index in [-0.39, 0.29) is 11.5 Å². The van der Waals surface area contributed by atoms with Gasteiger partial charge in [-0.25, -0.2) is 0 Å². The van der Waals surface area contributed by atoms with E-state index >= 15 is 0 Å². The van der Waals surface area contributed by atoms with Crippen molar-refractivity contribution in [3.63, 3.8) is 0 Å². The van der Waals surface area contributed by atoms with Gasteiger partial charge in [0.25, 0.3) is 0 Å². The lowest BCUT2D eigenvalue weighted by molar-refractivity contribution is -0.111. The second-order valence-corrected chi connectivity index (χ2v) is 17.2. The maximum atomic E-state index is 12.6. The van der Waals surface area contributed by atoms with E-state index in [0.29, 0.717) is 35.1 Å². The van der Waals surface area contributed by atoms with E-state index in [1.54, 1.807) is 5.56 Å². The smallest absolute Gasteiger partial charge is 0.137 e. The molecule has 8 fully saturated rings. The number of nitrogens with one attached hydrogen (secondary N) is 1. The molecule has 17 unspecified atom stereocenters. The molecule has 0 aromatic heterocycles. The van der Waals surface area contributed by atoms with Crippen LogP contribution in [0.25, 0.3) is 0 Å². The Kier molecular flexibility index (Phi) is 5.11. The average molecular weight is 563 g/mol. The fraction of sp³-hybridized carbons (Fsp3) is 0.718. The van der Waals surface area contributed by atoms with Crippen molar-refractivity contribution in [3.8, 4) is 0 Å². The number of para-hydroxylation sites is 1. The van der Waals surface area contributed by atoms with Gasteiger partial charge in [0.2, 0.25) is 0 Å². The SMILES string of the molecule is C=C1CCC2C(C3CC(C)CC13)C2(C(N)C=O)C1C=CC2C(CC3C2C2CCC4CC35Nc3ccccc3C4CC25)C1. The van der Waals surface area contributed by atoms with Crippen LogP contribution < -0.4 is 11.1 Å². The second kappa shape index (κ2) is 8.43. The second-order valence-electron chi connectivity index (χ2n) is 17.2. The molecular weight excluding hydrogens is 512 g/mol. The Morgan fingerprint density at radius 3 is 2.71 bits per heavy atom. The van der Waals surface area contributed by atoms with Crippen LogP contribution >= 0.6 is 0 Å². The summed E-state index contributed by atoms with van der Waals surface area (Å²) >= 11 is 0. The number of rotatable bonds is 3. The summed E-state index contributed by atoms with van der Waals surface area (Å²) in [5.41, 5.74) is 11.8. The topological polar surface area (TPSA) is 55.1 Å². The highest BCUT2D eigenvalue weighted by Gasteiger charge is 2.75. The Morgan fingerprint density at radius 1 is 0.952 bits per heavy atom. The Hall–Kier alpha value is -1.87. The number of allylic oxidation sites excluding steroid dienone is 3. The summed E-state index contributed by atoms with van der Waals surface area (Å²) in [4.78, 5) is 12.6. The molecule has 9 aliphatic carbocycles. The Labute approximate surface area is 252 Å². The third-order valence-corrected chi connectivity index (χ3v) is 16.3. The van der Waals surface area contributed by atoms with E-state index in [2.05, 4.69) is 55.2 Å².